The first kappa shape index (κ1) is 6.60. The maximum absolute atomic E-state index is 11.8. The average molecular weight is 106 g/mol. The fourth-order valence-electron chi connectivity index (χ4n) is 0.0868. The van der Waals surface area contributed by atoms with Crippen LogP contribution in [0.1, 0.15) is 13.8 Å². The Balaban J connectivity index is 3.56. The van der Waals surface area contributed by atoms with Gasteiger partial charge in [-0.25, -0.2) is 8.78 Å². The van der Waals surface area contributed by atoms with Crippen molar-refractivity contribution in [1.82, 2.24) is 0 Å². The second-order valence-corrected chi connectivity index (χ2v) is 1.47. The largest absolute Gasteiger partial charge is 0.243 e. The van der Waals surface area contributed by atoms with Gasteiger partial charge in [0.05, 0.1) is 6.33 Å². The van der Waals surface area contributed by atoms with Crippen molar-refractivity contribution >= 4 is 0 Å². The molecule has 0 aromatic carbocycles. The second kappa shape index (κ2) is 2.72. The predicted octanol–water partition coefficient (Wildman–Crippen LogP) is 2.22. The summed E-state index contributed by atoms with van der Waals surface area (Å²) in [5, 5.41) is 0. The summed E-state index contributed by atoms with van der Waals surface area (Å²) in [5.41, 5.74) is 0.139. The van der Waals surface area contributed by atoms with E-state index in [1.165, 1.54) is 13.8 Å². The molecule has 0 radical (unpaired) electrons. The van der Waals surface area contributed by atoms with Crippen LogP contribution in [0.4, 0.5) is 8.78 Å². The Morgan fingerprint density at radius 3 is 2.14 bits per heavy atom. The van der Waals surface area contributed by atoms with Gasteiger partial charge in [0.25, 0.3) is 0 Å². The van der Waals surface area contributed by atoms with Crippen LogP contribution in [0.3, 0.4) is 0 Å². The van der Waals surface area contributed by atoms with E-state index in [1.807, 2.05) is 0 Å². The van der Waals surface area contributed by atoms with Gasteiger partial charge in [-0.2, -0.15) is 0 Å². The molecule has 42 valence electrons. The lowest BCUT2D eigenvalue weighted by Crippen LogP contribution is -1.91. The molecule has 0 aromatic rings. The SMILES string of the molecule is C/C(=C\F)C(C)F. The van der Waals surface area contributed by atoms with Crippen molar-refractivity contribution in [2.75, 3.05) is 0 Å². The molecule has 1 unspecified atom stereocenters. The number of hydrogen-bond donors (Lipinski definition) is 0. The van der Waals surface area contributed by atoms with Gasteiger partial charge in [0.2, 0.25) is 0 Å². The Kier molecular flexibility index (Phi) is 2.56. The summed E-state index contributed by atoms with van der Waals surface area (Å²) >= 11 is 0. The van der Waals surface area contributed by atoms with Gasteiger partial charge in [0.15, 0.2) is 0 Å². The summed E-state index contributed by atoms with van der Waals surface area (Å²) in [7, 11) is 0. The fourth-order valence-corrected chi connectivity index (χ4v) is 0.0868. The van der Waals surface area contributed by atoms with Crippen LogP contribution in [0.5, 0.6) is 0 Å². The van der Waals surface area contributed by atoms with Gasteiger partial charge in [-0.1, -0.05) is 0 Å². The zero-order chi connectivity index (χ0) is 5.86. The van der Waals surface area contributed by atoms with Crippen LogP contribution in [-0.4, -0.2) is 6.17 Å². The Bertz CT molecular complexity index is 74.1. The molecule has 0 saturated heterocycles. The van der Waals surface area contributed by atoms with Crippen LogP contribution in [0, 0.1) is 0 Å². The zero-order valence-corrected chi connectivity index (χ0v) is 4.41. The highest BCUT2D eigenvalue weighted by atomic mass is 19.1. The van der Waals surface area contributed by atoms with Crippen LogP contribution < -0.4 is 0 Å². The van der Waals surface area contributed by atoms with E-state index in [-0.39, 0.29) is 11.9 Å². The van der Waals surface area contributed by atoms with Gasteiger partial charge < -0.3 is 0 Å². The second-order valence-electron chi connectivity index (χ2n) is 1.47. The van der Waals surface area contributed by atoms with Gasteiger partial charge in [-0.05, 0) is 19.4 Å². The third kappa shape index (κ3) is 2.31. The maximum Gasteiger partial charge on any atom is 0.121 e. The van der Waals surface area contributed by atoms with Crippen molar-refractivity contribution < 1.29 is 8.78 Å². The molecule has 0 bridgehead atoms. The molecule has 0 nitrogen and oxygen atoms in total. The van der Waals surface area contributed by atoms with Gasteiger partial charge in [0, 0.05) is 0 Å². The van der Waals surface area contributed by atoms with Gasteiger partial charge in [-0.3, -0.25) is 0 Å². The molecule has 2 heteroatoms. The quantitative estimate of drug-likeness (QED) is 0.480. The lowest BCUT2D eigenvalue weighted by molar-refractivity contribution is 0.405. The Morgan fingerprint density at radius 2 is 2.14 bits per heavy atom. The molecule has 0 aliphatic carbocycles. The molecule has 0 fully saturated rings. The summed E-state index contributed by atoms with van der Waals surface area (Å²) in [6, 6.07) is 0. The van der Waals surface area contributed by atoms with Crippen LogP contribution >= 0.6 is 0 Å². The lowest BCUT2D eigenvalue weighted by atomic mass is 10.2. The van der Waals surface area contributed by atoms with Crippen LogP contribution in [-0.2, 0) is 0 Å². The Morgan fingerprint density at radius 1 is 1.71 bits per heavy atom. The van der Waals surface area contributed by atoms with Gasteiger partial charge in [-0.15, -0.1) is 0 Å². The highest BCUT2D eigenvalue weighted by molar-refractivity contribution is 4.97. The van der Waals surface area contributed by atoms with E-state index in [4.69, 9.17) is 0 Å². The van der Waals surface area contributed by atoms with Gasteiger partial charge >= 0.3 is 0 Å². The minimum atomic E-state index is -1.15. The maximum atomic E-state index is 11.8. The van der Waals surface area contributed by atoms with Crippen LogP contribution in [0.2, 0.25) is 0 Å². The first-order chi connectivity index (χ1) is 3.18. The fraction of sp³-hybridized carbons (Fsp3) is 0.600. The first-order valence-electron chi connectivity index (χ1n) is 2.09. The number of hydrogen-bond acceptors (Lipinski definition) is 0. The molecular weight excluding hydrogens is 98.1 g/mol. The summed E-state index contributed by atoms with van der Waals surface area (Å²) in [5.74, 6) is 0. The third-order valence-corrected chi connectivity index (χ3v) is 0.800. The van der Waals surface area contributed by atoms with Crippen LogP contribution in [0.25, 0.3) is 0 Å². The highest BCUT2D eigenvalue weighted by Crippen LogP contribution is 2.03. The van der Waals surface area contributed by atoms with Crippen LogP contribution in [0.15, 0.2) is 11.9 Å². The van der Waals surface area contributed by atoms with E-state index in [2.05, 4.69) is 0 Å². The smallest absolute Gasteiger partial charge is 0.121 e. The Hall–Kier alpha value is -0.400. The molecule has 7 heavy (non-hydrogen) atoms. The Labute approximate surface area is 41.8 Å². The van der Waals surface area contributed by atoms with E-state index >= 15 is 0 Å². The molecule has 0 saturated carbocycles. The molecule has 0 aromatic heterocycles. The van der Waals surface area contributed by atoms with E-state index in [0.717, 1.165) is 0 Å². The van der Waals surface area contributed by atoms with Gasteiger partial charge in [0.1, 0.15) is 6.17 Å². The molecule has 0 N–H and O–H groups in total. The highest BCUT2D eigenvalue weighted by Gasteiger charge is 1.97. The predicted molar refractivity (Wildman–Crippen MR) is 25.4 cm³/mol. The molecule has 0 rings (SSSR count). The van der Waals surface area contributed by atoms with Crippen molar-refractivity contribution in [3.05, 3.63) is 11.9 Å². The minimum absolute atomic E-state index is 0.139. The van der Waals surface area contributed by atoms with Crippen molar-refractivity contribution in [3.8, 4) is 0 Å². The van der Waals surface area contributed by atoms with E-state index in [1.54, 1.807) is 0 Å². The summed E-state index contributed by atoms with van der Waals surface area (Å²) in [6.07, 6.45) is -0.866. The van der Waals surface area contributed by atoms with E-state index < -0.39 is 6.17 Å². The first-order valence-corrected chi connectivity index (χ1v) is 2.09. The monoisotopic (exact) mass is 106 g/mol. The van der Waals surface area contributed by atoms with E-state index in [0.29, 0.717) is 0 Å². The average Bonchev–Trinajstić information content (AvgIpc) is 1.65. The number of alkyl halides is 1. The molecule has 0 spiro atoms. The van der Waals surface area contributed by atoms with E-state index in [9.17, 15) is 8.78 Å². The number of halogens is 2. The normalized spacial score (nSPS) is 16.9. The topological polar surface area (TPSA) is 0 Å². The number of rotatable bonds is 1. The zero-order valence-electron chi connectivity index (χ0n) is 4.41. The molecule has 0 amide bonds. The molecule has 1 atom stereocenters. The summed E-state index contributed by atoms with van der Waals surface area (Å²) in [4.78, 5) is 0. The molecular formula is C5H8F2. The summed E-state index contributed by atoms with van der Waals surface area (Å²) < 4.78 is 23.0. The third-order valence-electron chi connectivity index (χ3n) is 0.800. The van der Waals surface area contributed by atoms with Crippen molar-refractivity contribution in [3.63, 3.8) is 0 Å². The minimum Gasteiger partial charge on any atom is -0.243 e. The molecule has 0 aliphatic rings. The van der Waals surface area contributed by atoms with Crippen molar-refractivity contribution in [1.29, 1.82) is 0 Å². The molecule has 0 heterocycles. The standard InChI is InChI=1S/C5H8F2/c1-4(3-6)5(2)7/h3,5H,1-2H3/b4-3+. The lowest BCUT2D eigenvalue weighted by Gasteiger charge is -1.94. The van der Waals surface area contributed by atoms with Crippen molar-refractivity contribution in [2.45, 2.75) is 20.0 Å². The molecule has 0 aliphatic heterocycles. The summed E-state index contributed by atoms with van der Waals surface area (Å²) in [6.45, 7) is 2.70. The van der Waals surface area contributed by atoms with Crippen molar-refractivity contribution in [2.24, 2.45) is 0 Å². The number of allylic oxidation sites excluding steroid dienone is 1.